The highest BCUT2D eigenvalue weighted by molar-refractivity contribution is 5.81. The third-order valence-corrected chi connectivity index (χ3v) is 2.40. The molecule has 0 radical (unpaired) electrons. The summed E-state index contributed by atoms with van der Waals surface area (Å²) < 4.78 is 0. The second kappa shape index (κ2) is 3.61. The Bertz CT molecular complexity index is 204. The van der Waals surface area contributed by atoms with Crippen molar-refractivity contribution >= 4 is 5.91 Å². The number of nitrogens with zero attached hydrogens (tertiary/aromatic N) is 1. The van der Waals surface area contributed by atoms with Crippen LogP contribution in [-0.4, -0.2) is 47.9 Å². The summed E-state index contributed by atoms with van der Waals surface area (Å²) in [6.07, 6.45) is 1.01. The average Bonchev–Trinajstić information content (AvgIpc) is 2.72. The molecule has 2 heterocycles. The fourth-order valence-corrected chi connectivity index (χ4v) is 1.70. The van der Waals surface area contributed by atoms with Crippen molar-refractivity contribution in [1.82, 2.24) is 10.4 Å². The van der Waals surface area contributed by atoms with Crippen LogP contribution in [0.15, 0.2) is 0 Å². The molecular formula is C8H14N2O3. The van der Waals surface area contributed by atoms with Crippen LogP contribution in [0.4, 0.5) is 0 Å². The molecule has 0 aromatic rings. The first-order valence-electron chi connectivity index (χ1n) is 4.63. The quantitative estimate of drug-likeness (QED) is 0.544. The SMILES string of the molecule is O=C(C1CC(O)CN1)N1CCCO1. The number of carbonyl (C=O) groups excluding carboxylic acids is 1. The Morgan fingerprint density at radius 2 is 2.46 bits per heavy atom. The molecule has 2 rings (SSSR count). The van der Waals surface area contributed by atoms with Crippen LogP contribution in [0.3, 0.4) is 0 Å². The summed E-state index contributed by atoms with van der Waals surface area (Å²) in [5.74, 6) is -0.0472. The number of carbonyl (C=O) groups is 1. The average molecular weight is 186 g/mol. The van der Waals surface area contributed by atoms with E-state index in [-0.39, 0.29) is 11.9 Å². The molecule has 2 aliphatic rings. The summed E-state index contributed by atoms with van der Waals surface area (Å²) in [4.78, 5) is 16.7. The zero-order valence-electron chi connectivity index (χ0n) is 7.40. The third-order valence-electron chi connectivity index (χ3n) is 2.40. The van der Waals surface area contributed by atoms with E-state index >= 15 is 0 Å². The number of hydrogen-bond donors (Lipinski definition) is 2. The third kappa shape index (κ3) is 1.82. The predicted molar refractivity (Wildman–Crippen MR) is 44.7 cm³/mol. The van der Waals surface area contributed by atoms with Crippen LogP contribution in [0.5, 0.6) is 0 Å². The van der Waals surface area contributed by atoms with E-state index in [2.05, 4.69) is 5.32 Å². The molecule has 5 heteroatoms. The first-order valence-corrected chi connectivity index (χ1v) is 4.63. The highest BCUT2D eigenvalue weighted by Crippen LogP contribution is 2.13. The van der Waals surface area contributed by atoms with E-state index in [0.717, 1.165) is 6.42 Å². The summed E-state index contributed by atoms with van der Waals surface area (Å²) in [6, 6.07) is -0.256. The number of rotatable bonds is 1. The molecule has 0 bridgehead atoms. The highest BCUT2D eigenvalue weighted by Gasteiger charge is 2.33. The Morgan fingerprint density at radius 1 is 1.62 bits per heavy atom. The van der Waals surface area contributed by atoms with E-state index in [4.69, 9.17) is 4.84 Å². The Balaban J connectivity index is 1.89. The van der Waals surface area contributed by atoms with Gasteiger partial charge in [0.25, 0.3) is 5.91 Å². The van der Waals surface area contributed by atoms with E-state index in [9.17, 15) is 9.90 Å². The van der Waals surface area contributed by atoms with Crippen molar-refractivity contribution in [3.8, 4) is 0 Å². The fraction of sp³-hybridized carbons (Fsp3) is 0.875. The molecule has 2 N–H and O–H groups in total. The van der Waals surface area contributed by atoms with E-state index in [1.165, 1.54) is 5.06 Å². The number of amides is 1. The van der Waals surface area contributed by atoms with Crippen molar-refractivity contribution < 1.29 is 14.7 Å². The maximum absolute atomic E-state index is 11.6. The van der Waals surface area contributed by atoms with Crippen molar-refractivity contribution in [3.05, 3.63) is 0 Å². The van der Waals surface area contributed by atoms with Crippen molar-refractivity contribution in [1.29, 1.82) is 0 Å². The van der Waals surface area contributed by atoms with Gasteiger partial charge in [-0.2, -0.15) is 0 Å². The van der Waals surface area contributed by atoms with Crippen LogP contribution in [0, 0.1) is 0 Å². The lowest BCUT2D eigenvalue weighted by Gasteiger charge is -2.17. The number of β-amino-alcohol motifs (C(OH)–C–C–N with tert-alkyl or cyclic N) is 1. The molecular weight excluding hydrogens is 172 g/mol. The van der Waals surface area contributed by atoms with E-state index in [1.807, 2.05) is 0 Å². The summed E-state index contributed by atoms with van der Waals surface area (Å²) >= 11 is 0. The lowest BCUT2D eigenvalue weighted by atomic mass is 10.2. The normalized spacial score (nSPS) is 34.1. The molecule has 74 valence electrons. The zero-order valence-corrected chi connectivity index (χ0v) is 7.40. The molecule has 0 spiro atoms. The van der Waals surface area contributed by atoms with Gasteiger partial charge in [0.1, 0.15) is 0 Å². The van der Waals surface area contributed by atoms with Crippen molar-refractivity contribution in [3.63, 3.8) is 0 Å². The van der Waals surface area contributed by atoms with Crippen LogP contribution >= 0.6 is 0 Å². The minimum absolute atomic E-state index is 0.0472. The van der Waals surface area contributed by atoms with Gasteiger partial charge in [0.15, 0.2) is 0 Å². The molecule has 0 aliphatic carbocycles. The number of nitrogens with one attached hydrogen (secondary N) is 1. The molecule has 2 saturated heterocycles. The van der Waals surface area contributed by atoms with Gasteiger partial charge < -0.3 is 10.4 Å². The van der Waals surface area contributed by atoms with Crippen molar-refractivity contribution in [2.45, 2.75) is 25.0 Å². The first kappa shape index (κ1) is 8.93. The number of aliphatic hydroxyl groups excluding tert-OH is 1. The van der Waals surface area contributed by atoms with E-state index in [0.29, 0.717) is 26.1 Å². The zero-order chi connectivity index (χ0) is 9.26. The van der Waals surface area contributed by atoms with Crippen molar-refractivity contribution in [2.75, 3.05) is 19.7 Å². The molecule has 2 fully saturated rings. The smallest absolute Gasteiger partial charge is 0.263 e. The van der Waals surface area contributed by atoms with Crippen molar-refractivity contribution in [2.24, 2.45) is 0 Å². The summed E-state index contributed by atoms with van der Waals surface area (Å²) in [7, 11) is 0. The second-order valence-corrected chi connectivity index (χ2v) is 3.48. The number of aliphatic hydroxyl groups is 1. The van der Waals surface area contributed by atoms with Crippen LogP contribution in [0.2, 0.25) is 0 Å². The predicted octanol–water partition coefficient (Wildman–Crippen LogP) is -1.13. The van der Waals surface area contributed by atoms with Crippen LogP contribution < -0.4 is 5.32 Å². The van der Waals surface area contributed by atoms with Gasteiger partial charge in [-0.25, -0.2) is 5.06 Å². The van der Waals surface area contributed by atoms with Crippen LogP contribution in [0.1, 0.15) is 12.8 Å². The summed E-state index contributed by atoms with van der Waals surface area (Å²) in [5, 5.41) is 13.6. The maximum Gasteiger partial charge on any atom is 0.263 e. The summed E-state index contributed by atoms with van der Waals surface area (Å²) in [5.41, 5.74) is 0. The van der Waals surface area contributed by atoms with Crippen LogP contribution in [-0.2, 0) is 9.63 Å². The molecule has 5 nitrogen and oxygen atoms in total. The van der Waals surface area contributed by atoms with Gasteiger partial charge >= 0.3 is 0 Å². The largest absolute Gasteiger partial charge is 0.392 e. The minimum Gasteiger partial charge on any atom is -0.392 e. The van der Waals surface area contributed by atoms with Gasteiger partial charge in [0.2, 0.25) is 0 Å². The molecule has 2 unspecified atom stereocenters. The standard InChI is InChI=1S/C8H14N2O3/c11-6-4-7(9-5-6)8(12)10-2-1-3-13-10/h6-7,9,11H,1-5H2. The van der Waals surface area contributed by atoms with Gasteiger partial charge in [-0.3, -0.25) is 9.63 Å². The maximum atomic E-state index is 11.6. The topological polar surface area (TPSA) is 61.8 Å². The highest BCUT2D eigenvalue weighted by atomic mass is 16.7. The summed E-state index contributed by atoms with van der Waals surface area (Å²) in [6.45, 7) is 1.80. The van der Waals surface area contributed by atoms with Gasteiger partial charge in [0.05, 0.1) is 25.3 Å². The van der Waals surface area contributed by atoms with Gasteiger partial charge in [-0.15, -0.1) is 0 Å². The molecule has 13 heavy (non-hydrogen) atoms. The van der Waals surface area contributed by atoms with Gasteiger partial charge in [-0.1, -0.05) is 0 Å². The molecule has 2 aliphatic heterocycles. The number of hydroxylamine groups is 2. The Labute approximate surface area is 76.6 Å². The molecule has 0 aromatic heterocycles. The molecule has 0 saturated carbocycles. The van der Waals surface area contributed by atoms with E-state index < -0.39 is 6.10 Å². The minimum atomic E-state index is -0.392. The molecule has 1 amide bonds. The van der Waals surface area contributed by atoms with E-state index in [1.54, 1.807) is 0 Å². The first-order chi connectivity index (χ1) is 6.27. The van der Waals surface area contributed by atoms with Gasteiger partial charge in [0, 0.05) is 6.54 Å². The second-order valence-electron chi connectivity index (χ2n) is 3.48. The monoisotopic (exact) mass is 186 g/mol. The molecule has 2 atom stereocenters. The van der Waals surface area contributed by atoms with Gasteiger partial charge in [-0.05, 0) is 12.8 Å². The van der Waals surface area contributed by atoms with Crippen LogP contribution in [0.25, 0.3) is 0 Å². The number of hydrogen-bond acceptors (Lipinski definition) is 4. The Morgan fingerprint density at radius 3 is 3.00 bits per heavy atom. The fourth-order valence-electron chi connectivity index (χ4n) is 1.70. The Hall–Kier alpha value is -0.650. The lowest BCUT2D eigenvalue weighted by Crippen LogP contribution is -2.41. The Kier molecular flexibility index (Phi) is 2.48. The lowest BCUT2D eigenvalue weighted by molar-refractivity contribution is -0.170. The molecule has 0 aromatic carbocycles.